The fourth-order valence-electron chi connectivity index (χ4n) is 2.45. The lowest BCUT2D eigenvalue weighted by Crippen LogP contribution is -2.52. The molecule has 0 bridgehead atoms. The third-order valence-corrected chi connectivity index (χ3v) is 3.69. The number of fused-ring (bicyclic) bond motifs is 1. The standard InChI is InChI=1S/C13H17N5O/c1-13(2-4-14-5-3-13)17-12(19)10-8-16-18-7-6-15-9-11(10)18/h6-9,14H,2-5H2,1H3,(H,17,19). The molecular formula is C13H17N5O. The second-order valence-corrected chi connectivity index (χ2v) is 5.23. The molecule has 0 atom stereocenters. The lowest BCUT2D eigenvalue weighted by molar-refractivity contribution is 0.0889. The Hall–Kier alpha value is -1.95. The van der Waals surface area contributed by atoms with Gasteiger partial charge in [-0.15, -0.1) is 0 Å². The van der Waals surface area contributed by atoms with E-state index in [1.165, 1.54) is 0 Å². The van der Waals surface area contributed by atoms with Crippen molar-refractivity contribution in [2.45, 2.75) is 25.3 Å². The zero-order chi connectivity index (χ0) is 13.3. The SMILES string of the molecule is CC1(NC(=O)c2cnn3ccncc23)CCNCC1. The van der Waals surface area contributed by atoms with Crippen LogP contribution in [0, 0.1) is 0 Å². The minimum Gasteiger partial charge on any atom is -0.347 e. The van der Waals surface area contributed by atoms with Gasteiger partial charge in [-0.25, -0.2) is 4.52 Å². The number of carbonyl (C=O) groups excluding carboxylic acids is 1. The fraction of sp³-hybridized carbons (Fsp3) is 0.462. The highest BCUT2D eigenvalue weighted by molar-refractivity contribution is 6.00. The van der Waals surface area contributed by atoms with Crippen LogP contribution < -0.4 is 10.6 Å². The average molecular weight is 259 g/mol. The second-order valence-electron chi connectivity index (χ2n) is 5.23. The molecule has 0 spiro atoms. The number of aromatic nitrogens is 3. The molecule has 1 saturated heterocycles. The molecule has 2 aromatic heterocycles. The fourth-order valence-corrected chi connectivity index (χ4v) is 2.45. The van der Waals surface area contributed by atoms with Crippen molar-refractivity contribution in [3.63, 3.8) is 0 Å². The predicted molar refractivity (Wildman–Crippen MR) is 71.0 cm³/mol. The number of carbonyl (C=O) groups is 1. The van der Waals surface area contributed by atoms with Crippen molar-refractivity contribution in [1.82, 2.24) is 25.2 Å². The van der Waals surface area contributed by atoms with E-state index in [1.54, 1.807) is 29.3 Å². The predicted octanol–water partition coefficient (Wildman–Crippen LogP) is 0.601. The molecule has 1 amide bonds. The summed E-state index contributed by atoms with van der Waals surface area (Å²) in [6.45, 7) is 3.97. The first-order valence-corrected chi connectivity index (χ1v) is 6.49. The van der Waals surface area contributed by atoms with Gasteiger partial charge in [0, 0.05) is 17.9 Å². The van der Waals surface area contributed by atoms with Gasteiger partial charge in [0.05, 0.1) is 23.5 Å². The van der Waals surface area contributed by atoms with Crippen molar-refractivity contribution in [3.05, 3.63) is 30.4 Å². The van der Waals surface area contributed by atoms with Crippen molar-refractivity contribution in [1.29, 1.82) is 0 Å². The van der Waals surface area contributed by atoms with Crippen LogP contribution in [0.15, 0.2) is 24.8 Å². The van der Waals surface area contributed by atoms with Crippen LogP contribution in [-0.4, -0.2) is 39.1 Å². The Morgan fingerprint density at radius 3 is 3.00 bits per heavy atom. The van der Waals surface area contributed by atoms with E-state index in [2.05, 4.69) is 27.6 Å². The number of nitrogens with one attached hydrogen (secondary N) is 2. The molecule has 6 heteroatoms. The smallest absolute Gasteiger partial charge is 0.255 e. The molecule has 0 radical (unpaired) electrons. The van der Waals surface area contributed by atoms with Crippen LogP contribution in [0.2, 0.25) is 0 Å². The van der Waals surface area contributed by atoms with Gasteiger partial charge in [-0.1, -0.05) is 0 Å². The number of nitrogens with zero attached hydrogens (tertiary/aromatic N) is 3. The number of hydrogen-bond donors (Lipinski definition) is 2. The zero-order valence-corrected chi connectivity index (χ0v) is 10.9. The van der Waals surface area contributed by atoms with E-state index in [0.717, 1.165) is 31.4 Å². The molecule has 1 fully saturated rings. The molecule has 3 heterocycles. The highest BCUT2D eigenvalue weighted by Crippen LogP contribution is 2.19. The average Bonchev–Trinajstić information content (AvgIpc) is 2.83. The van der Waals surface area contributed by atoms with Gasteiger partial charge in [0.1, 0.15) is 0 Å². The maximum Gasteiger partial charge on any atom is 0.255 e. The second kappa shape index (κ2) is 4.62. The van der Waals surface area contributed by atoms with Gasteiger partial charge in [-0.3, -0.25) is 9.78 Å². The Balaban J connectivity index is 1.84. The maximum absolute atomic E-state index is 12.4. The van der Waals surface area contributed by atoms with E-state index >= 15 is 0 Å². The van der Waals surface area contributed by atoms with Crippen molar-refractivity contribution in [2.75, 3.05) is 13.1 Å². The van der Waals surface area contributed by atoms with Crippen molar-refractivity contribution in [2.24, 2.45) is 0 Å². The van der Waals surface area contributed by atoms with Crippen molar-refractivity contribution in [3.8, 4) is 0 Å². The summed E-state index contributed by atoms with van der Waals surface area (Å²) in [6.07, 6.45) is 8.52. The highest BCUT2D eigenvalue weighted by Gasteiger charge is 2.29. The Labute approximate surface area is 111 Å². The third kappa shape index (κ3) is 2.31. The van der Waals surface area contributed by atoms with Crippen LogP contribution in [0.5, 0.6) is 0 Å². The minimum absolute atomic E-state index is 0.0765. The minimum atomic E-state index is -0.140. The van der Waals surface area contributed by atoms with Crippen LogP contribution in [0.1, 0.15) is 30.1 Å². The monoisotopic (exact) mass is 259 g/mol. The van der Waals surface area contributed by atoms with Gasteiger partial charge < -0.3 is 10.6 Å². The summed E-state index contributed by atoms with van der Waals surface area (Å²) in [5, 5.41) is 10.6. The highest BCUT2D eigenvalue weighted by atomic mass is 16.1. The molecule has 2 aromatic rings. The Morgan fingerprint density at radius 1 is 1.42 bits per heavy atom. The van der Waals surface area contributed by atoms with Crippen LogP contribution in [0.25, 0.3) is 5.52 Å². The molecule has 1 aliphatic heterocycles. The van der Waals surface area contributed by atoms with E-state index in [4.69, 9.17) is 0 Å². The molecule has 0 aromatic carbocycles. The number of amides is 1. The number of hydrogen-bond acceptors (Lipinski definition) is 4. The summed E-state index contributed by atoms with van der Waals surface area (Å²) >= 11 is 0. The third-order valence-electron chi connectivity index (χ3n) is 3.69. The van der Waals surface area contributed by atoms with Gasteiger partial charge >= 0.3 is 0 Å². The normalized spacial score (nSPS) is 18.4. The van der Waals surface area contributed by atoms with E-state index in [-0.39, 0.29) is 11.4 Å². The quantitative estimate of drug-likeness (QED) is 0.828. The maximum atomic E-state index is 12.4. The molecule has 100 valence electrons. The molecule has 2 N–H and O–H groups in total. The molecular weight excluding hydrogens is 242 g/mol. The van der Waals surface area contributed by atoms with Gasteiger partial charge in [0.15, 0.2) is 0 Å². The molecule has 6 nitrogen and oxygen atoms in total. The summed E-state index contributed by atoms with van der Waals surface area (Å²) in [6, 6.07) is 0. The van der Waals surface area contributed by atoms with E-state index in [1.807, 2.05) is 0 Å². The van der Waals surface area contributed by atoms with E-state index in [9.17, 15) is 4.79 Å². The van der Waals surface area contributed by atoms with Gasteiger partial charge in [0.2, 0.25) is 0 Å². The van der Waals surface area contributed by atoms with Crippen LogP contribution in [0.3, 0.4) is 0 Å². The Morgan fingerprint density at radius 2 is 2.21 bits per heavy atom. The van der Waals surface area contributed by atoms with Gasteiger partial charge in [0.25, 0.3) is 5.91 Å². The lowest BCUT2D eigenvalue weighted by atomic mass is 9.90. The van der Waals surface area contributed by atoms with Crippen LogP contribution in [0.4, 0.5) is 0 Å². The summed E-state index contributed by atoms with van der Waals surface area (Å²) in [5.74, 6) is -0.0765. The molecule has 1 aliphatic rings. The molecule has 0 unspecified atom stereocenters. The number of piperidine rings is 1. The van der Waals surface area contributed by atoms with Crippen molar-refractivity contribution < 1.29 is 4.79 Å². The largest absolute Gasteiger partial charge is 0.347 e. The topological polar surface area (TPSA) is 71.3 Å². The summed E-state index contributed by atoms with van der Waals surface area (Å²) in [7, 11) is 0. The molecule has 19 heavy (non-hydrogen) atoms. The summed E-state index contributed by atoms with van der Waals surface area (Å²) < 4.78 is 1.66. The van der Waals surface area contributed by atoms with Crippen molar-refractivity contribution >= 4 is 11.4 Å². The summed E-state index contributed by atoms with van der Waals surface area (Å²) in [4.78, 5) is 16.4. The van der Waals surface area contributed by atoms with E-state index < -0.39 is 0 Å². The summed E-state index contributed by atoms with van der Waals surface area (Å²) in [5.41, 5.74) is 1.17. The van der Waals surface area contributed by atoms with Crippen LogP contribution >= 0.6 is 0 Å². The Bertz CT molecular complexity index is 600. The van der Waals surface area contributed by atoms with E-state index in [0.29, 0.717) is 5.56 Å². The molecule has 3 rings (SSSR count). The lowest BCUT2D eigenvalue weighted by Gasteiger charge is -2.34. The Kier molecular flexibility index (Phi) is 2.94. The molecule has 0 aliphatic carbocycles. The first kappa shape index (κ1) is 12.1. The first-order valence-electron chi connectivity index (χ1n) is 6.49. The zero-order valence-electron chi connectivity index (χ0n) is 10.9. The molecule has 0 saturated carbocycles. The number of rotatable bonds is 2. The van der Waals surface area contributed by atoms with Gasteiger partial charge in [-0.2, -0.15) is 5.10 Å². The first-order chi connectivity index (χ1) is 9.18. The van der Waals surface area contributed by atoms with Gasteiger partial charge in [-0.05, 0) is 32.9 Å². The van der Waals surface area contributed by atoms with Crippen LogP contribution in [-0.2, 0) is 0 Å².